The maximum Gasteiger partial charge on any atom is 0.351 e. The second kappa shape index (κ2) is 4.34. The van der Waals surface area contributed by atoms with Gasteiger partial charge in [-0.1, -0.05) is 0 Å². The van der Waals surface area contributed by atoms with Crippen molar-refractivity contribution < 1.29 is 19.4 Å². The van der Waals surface area contributed by atoms with E-state index in [1.54, 1.807) is 4.90 Å². The monoisotopic (exact) mass is 187 g/mol. The SMILES string of the molecule is CC(=O)COC(=O)C(O)N1CCC1. The number of carbonyl (C=O) groups is 2. The van der Waals surface area contributed by atoms with Gasteiger partial charge in [0, 0.05) is 13.1 Å². The van der Waals surface area contributed by atoms with Gasteiger partial charge in [-0.05, 0) is 13.3 Å². The molecule has 1 unspecified atom stereocenters. The molecule has 0 aliphatic carbocycles. The van der Waals surface area contributed by atoms with E-state index >= 15 is 0 Å². The molecule has 0 spiro atoms. The summed E-state index contributed by atoms with van der Waals surface area (Å²) in [5.74, 6) is -0.973. The molecule has 5 nitrogen and oxygen atoms in total. The van der Waals surface area contributed by atoms with E-state index in [0.717, 1.165) is 6.42 Å². The average molecular weight is 187 g/mol. The minimum atomic E-state index is -1.20. The fourth-order valence-electron chi connectivity index (χ4n) is 0.982. The highest BCUT2D eigenvalue weighted by Crippen LogP contribution is 2.09. The van der Waals surface area contributed by atoms with Gasteiger partial charge in [0.25, 0.3) is 0 Å². The van der Waals surface area contributed by atoms with Gasteiger partial charge in [0.1, 0.15) is 6.61 Å². The number of hydrogen-bond acceptors (Lipinski definition) is 5. The van der Waals surface area contributed by atoms with Crippen LogP contribution in [0.25, 0.3) is 0 Å². The lowest BCUT2D eigenvalue weighted by molar-refractivity contribution is -0.169. The predicted molar refractivity (Wildman–Crippen MR) is 43.8 cm³/mol. The van der Waals surface area contributed by atoms with Crippen LogP contribution in [-0.2, 0) is 14.3 Å². The Morgan fingerprint density at radius 2 is 2.15 bits per heavy atom. The van der Waals surface area contributed by atoms with Crippen molar-refractivity contribution >= 4 is 11.8 Å². The molecule has 0 radical (unpaired) electrons. The number of esters is 1. The summed E-state index contributed by atoms with van der Waals surface area (Å²) in [5.41, 5.74) is 0. The van der Waals surface area contributed by atoms with Gasteiger partial charge in [0.05, 0.1) is 0 Å². The Balaban J connectivity index is 2.25. The molecule has 1 atom stereocenters. The molecular formula is C8H13NO4. The molecule has 0 amide bonds. The van der Waals surface area contributed by atoms with Crippen LogP contribution in [-0.4, -0.2) is 47.7 Å². The van der Waals surface area contributed by atoms with Gasteiger partial charge >= 0.3 is 5.97 Å². The number of rotatable bonds is 4. The summed E-state index contributed by atoms with van der Waals surface area (Å²) < 4.78 is 4.54. The molecule has 1 N–H and O–H groups in total. The standard InChI is InChI=1S/C8H13NO4/c1-6(10)5-13-8(12)7(11)9-3-2-4-9/h7,11H,2-5H2,1H3. The highest BCUT2D eigenvalue weighted by Gasteiger charge is 2.28. The van der Waals surface area contributed by atoms with Gasteiger partial charge in [-0.15, -0.1) is 0 Å². The van der Waals surface area contributed by atoms with Crippen LogP contribution >= 0.6 is 0 Å². The first-order valence-electron chi connectivity index (χ1n) is 4.19. The third-order valence-electron chi connectivity index (χ3n) is 1.87. The molecule has 1 fully saturated rings. The zero-order valence-corrected chi connectivity index (χ0v) is 7.52. The quantitative estimate of drug-likeness (QED) is 0.580. The summed E-state index contributed by atoms with van der Waals surface area (Å²) in [5, 5.41) is 9.29. The third kappa shape index (κ3) is 2.78. The number of hydrogen-bond donors (Lipinski definition) is 1. The highest BCUT2D eigenvalue weighted by molar-refractivity contribution is 5.81. The fourth-order valence-corrected chi connectivity index (χ4v) is 0.982. The maximum atomic E-state index is 11.0. The summed E-state index contributed by atoms with van der Waals surface area (Å²) in [6.07, 6.45) is -0.218. The Hall–Kier alpha value is -0.940. The topological polar surface area (TPSA) is 66.8 Å². The molecule has 1 aliphatic rings. The molecule has 5 heteroatoms. The van der Waals surface area contributed by atoms with Crippen molar-refractivity contribution in [2.75, 3.05) is 19.7 Å². The molecule has 1 heterocycles. The van der Waals surface area contributed by atoms with Crippen LogP contribution in [0.2, 0.25) is 0 Å². The van der Waals surface area contributed by atoms with Crippen LogP contribution in [0.15, 0.2) is 0 Å². The van der Waals surface area contributed by atoms with E-state index in [0.29, 0.717) is 13.1 Å². The van der Waals surface area contributed by atoms with E-state index in [1.165, 1.54) is 6.92 Å². The van der Waals surface area contributed by atoms with Crippen molar-refractivity contribution in [3.05, 3.63) is 0 Å². The summed E-state index contributed by atoms with van der Waals surface area (Å²) in [6.45, 7) is 2.47. The Kier molecular flexibility index (Phi) is 3.39. The van der Waals surface area contributed by atoms with Crippen molar-refractivity contribution in [2.24, 2.45) is 0 Å². The van der Waals surface area contributed by atoms with Crippen LogP contribution in [0.4, 0.5) is 0 Å². The van der Waals surface area contributed by atoms with Gasteiger partial charge < -0.3 is 9.84 Å². The van der Waals surface area contributed by atoms with Crippen molar-refractivity contribution in [2.45, 2.75) is 19.6 Å². The van der Waals surface area contributed by atoms with Gasteiger partial charge in [-0.2, -0.15) is 0 Å². The lowest BCUT2D eigenvalue weighted by Crippen LogP contribution is -2.49. The lowest BCUT2D eigenvalue weighted by atomic mass is 10.2. The Labute approximate surface area is 76.3 Å². The molecule has 0 saturated carbocycles. The average Bonchev–Trinajstić information content (AvgIpc) is 1.96. The number of aliphatic hydroxyl groups excluding tert-OH is 1. The predicted octanol–water partition coefficient (Wildman–Crippen LogP) is -0.857. The molecule has 0 aromatic heterocycles. The van der Waals surface area contributed by atoms with Gasteiger partial charge in [0.15, 0.2) is 5.78 Å². The first kappa shape index (κ1) is 10.1. The number of aliphatic hydroxyl groups is 1. The van der Waals surface area contributed by atoms with E-state index in [4.69, 9.17) is 0 Å². The fraction of sp³-hybridized carbons (Fsp3) is 0.750. The maximum absolute atomic E-state index is 11.0. The Morgan fingerprint density at radius 3 is 2.54 bits per heavy atom. The number of carbonyl (C=O) groups excluding carboxylic acids is 2. The summed E-state index contributed by atoms with van der Waals surface area (Å²) in [7, 11) is 0. The number of ketones is 1. The normalized spacial score (nSPS) is 18.9. The van der Waals surface area contributed by atoms with Gasteiger partial charge in [-0.3, -0.25) is 9.69 Å². The summed E-state index contributed by atoms with van der Waals surface area (Å²) in [4.78, 5) is 23.1. The molecule has 1 aliphatic heterocycles. The molecule has 74 valence electrons. The van der Waals surface area contributed by atoms with Crippen molar-refractivity contribution in [3.8, 4) is 0 Å². The number of ether oxygens (including phenoxy) is 1. The summed E-state index contributed by atoms with van der Waals surface area (Å²) >= 11 is 0. The number of likely N-dealkylation sites (tertiary alicyclic amines) is 1. The largest absolute Gasteiger partial charge is 0.455 e. The van der Waals surface area contributed by atoms with E-state index in [2.05, 4.69) is 4.74 Å². The van der Waals surface area contributed by atoms with Crippen LogP contribution in [0.5, 0.6) is 0 Å². The number of Topliss-reactive ketones (excluding diaryl/α,β-unsaturated/α-hetero) is 1. The van der Waals surface area contributed by atoms with Crippen LogP contribution in [0, 0.1) is 0 Å². The molecule has 13 heavy (non-hydrogen) atoms. The molecule has 1 saturated heterocycles. The first-order valence-corrected chi connectivity index (χ1v) is 4.19. The second-order valence-electron chi connectivity index (χ2n) is 3.07. The highest BCUT2D eigenvalue weighted by atomic mass is 16.6. The lowest BCUT2D eigenvalue weighted by Gasteiger charge is -2.33. The Morgan fingerprint density at radius 1 is 1.54 bits per heavy atom. The van der Waals surface area contributed by atoms with E-state index in [9.17, 15) is 14.7 Å². The smallest absolute Gasteiger partial charge is 0.351 e. The zero-order chi connectivity index (χ0) is 9.84. The van der Waals surface area contributed by atoms with Crippen molar-refractivity contribution in [1.29, 1.82) is 0 Å². The van der Waals surface area contributed by atoms with Crippen molar-refractivity contribution in [1.82, 2.24) is 4.90 Å². The molecular weight excluding hydrogens is 174 g/mol. The minimum Gasteiger partial charge on any atom is -0.455 e. The van der Waals surface area contributed by atoms with Gasteiger partial charge in [0.2, 0.25) is 6.23 Å². The number of nitrogens with zero attached hydrogens (tertiary/aromatic N) is 1. The van der Waals surface area contributed by atoms with Crippen LogP contribution < -0.4 is 0 Å². The van der Waals surface area contributed by atoms with Crippen molar-refractivity contribution in [3.63, 3.8) is 0 Å². The van der Waals surface area contributed by atoms with Crippen LogP contribution in [0.1, 0.15) is 13.3 Å². The van der Waals surface area contributed by atoms with E-state index in [1.807, 2.05) is 0 Å². The first-order chi connectivity index (χ1) is 6.11. The van der Waals surface area contributed by atoms with E-state index in [-0.39, 0.29) is 12.4 Å². The molecule has 0 aromatic rings. The molecule has 0 aromatic carbocycles. The minimum absolute atomic E-state index is 0.232. The van der Waals surface area contributed by atoms with E-state index < -0.39 is 12.2 Å². The van der Waals surface area contributed by atoms with Gasteiger partial charge in [-0.25, -0.2) is 4.79 Å². The molecule has 1 rings (SSSR count). The zero-order valence-electron chi connectivity index (χ0n) is 7.52. The second-order valence-corrected chi connectivity index (χ2v) is 3.07. The van der Waals surface area contributed by atoms with Crippen LogP contribution in [0.3, 0.4) is 0 Å². The molecule has 0 bridgehead atoms. The Bertz CT molecular complexity index is 212. The summed E-state index contributed by atoms with van der Waals surface area (Å²) in [6, 6.07) is 0. The third-order valence-corrected chi connectivity index (χ3v) is 1.87.